The summed E-state index contributed by atoms with van der Waals surface area (Å²) in [7, 11) is 3.33. The summed E-state index contributed by atoms with van der Waals surface area (Å²) >= 11 is 0. The summed E-state index contributed by atoms with van der Waals surface area (Å²) in [6, 6.07) is 9.55. The Morgan fingerprint density at radius 1 is 1.19 bits per heavy atom. The highest BCUT2D eigenvalue weighted by Gasteiger charge is 2.11. The second-order valence-corrected chi connectivity index (χ2v) is 5.47. The van der Waals surface area contributed by atoms with E-state index in [0.717, 1.165) is 29.2 Å². The van der Waals surface area contributed by atoms with E-state index in [1.165, 1.54) is 0 Å². The van der Waals surface area contributed by atoms with Crippen molar-refractivity contribution in [2.75, 3.05) is 32.7 Å². The van der Waals surface area contributed by atoms with Gasteiger partial charge in [-0.25, -0.2) is 4.98 Å². The third-order valence-electron chi connectivity index (χ3n) is 3.70. The monoisotopic (exact) mass is 470 g/mol. The van der Waals surface area contributed by atoms with Crippen molar-refractivity contribution >= 4 is 35.6 Å². The smallest absolute Gasteiger partial charge is 0.212 e. The molecule has 2 N–H and O–H groups in total. The number of benzene rings is 1. The molecule has 0 radical (unpaired) electrons. The van der Waals surface area contributed by atoms with E-state index in [2.05, 4.69) is 20.6 Å². The number of methoxy groups -OCH3 is 1. The Kier molecular flexibility index (Phi) is 7.76. The Hall–Kier alpha value is -2.23. The Morgan fingerprint density at radius 3 is 2.69 bits per heavy atom. The van der Waals surface area contributed by atoms with Crippen molar-refractivity contribution in [1.82, 2.24) is 10.3 Å². The minimum Gasteiger partial charge on any atom is -0.490 e. The highest BCUT2D eigenvalue weighted by molar-refractivity contribution is 14.0. The van der Waals surface area contributed by atoms with Gasteiger partial charge in [0.15, 0.2) is 17.5 Å². The van der Waals surface area contributed by atoms with Crippen LogP contribution in [-0.4, -0.2) is 38.3 Å². The van der Waals surface area contributed by atoms with Gasteiger partial charge in [0.05, 0.1) is 20.3 Å². The maximum Gasteiger partial charge on any atom is 0.212 e. The van der Waals surface area contributed by atoms with Crippen LogP contribution in [0.25, 0.3) is 0 Å². The van der Waals surface area contributed by atoms with Gasteiger partial charge in [-0.05, 0) is 17.7 Å². The summed E-state index contributed by atoms with van der Waals surface area (Å²) in [4.78, 5) is 8.43. The molecule has 7 nitrogen and oxygen atoms in total. The van der Waals surface area contributed by atoms with Gasteiger partial charge in [0.2, 0.25) is 5.88 Å². The zero-order valence-electron chi connectivity index (χ0n) is 14.8. The lowest BCUT2D eigenvalue weighted by Gasteiger charge is -2.14. The van der Waals surface area contributed by atoms with Crippen LogP contribution in [-0.2, 0) is 6.54 Å². The van der Waals surface area contributed by atoms with Crippen LogP contribution in [0.15, 0.2) is 41.5 Å². The van der Waals surface area contributed by atoms with Crippen molar-refractivity contribution in [3.8, 4) is 17.4 Å². The van der Waals surface area contributed by atoms with Crippen LogP contribution in [0.3, 0.4) is 0 Å². The topological polar surface area (TPSA) is 77.0 Å². The predicted molar refractivity (Wildman–Crippen MR) is 112 cm³/mol. The zero-order valence-corrected chi connectivity index (χ0v) is 17.2. The molecule has 0 amide bonds. The summed E-state index contributed by atoms with van der Waals surface area (Å²) in [6.45, 7) is 1.94. The number of guanidine groups is 1. The Labute approximate surface area is 170 Å². The van der Waals surface area contributed by atoms with Crippen LogP contribution in [0.1, 0.15) is 12.0 Å². The number of nitrogens with zero attached hydrogens (tertiary/aromatic N) is 2. The molecule has 0 unspecified atom stereocenters. The third-order valence-corrected chi connectivity index (χ3v) is 3.70. The van der Waals surface area contributed by atoms with Crippen LogP contribution in [0, 0.1) is 0 Å². The van der Waals surface area contributed by atoms with E-state index < -0.39 is 0 Å². The number of hydrogen-bond donors (Lipinski definition) is 2. The molecule has 0 aliphatic carbocycles. The molecule has 1 aliphatic heterocycles. The molecule has 1 aromatic heterocycles. The quantitative estimate of drug-likeness (QED) is 0.407. The molecular weight excluding hydrogens is 447 g/mol. The van der Waals surface area contributed by atoms with Crippen molar-refractivity contribution < 1.29 is 14.2 Å². The zero-order chi connectivity index (χ0) is 17.5. The van der Waals surface area contributed by atoms with E-state index in [9.17, 15) is 0 Å². The van der Waals surface area contributed by atoms with Crippen LogP contribution < -0.4 is 24.8 Å². The molecule has 140 valence electrons. The molecule has 26 heavy (non-hydrogen) atoms. The van der Waals surface area contributed by atoms with E-state index in [1.54, 1.807) is 20.4 Å². The highest BCUT2D eigenvalue weighted by atomic mass is 127. The van der Waals surface area contributed by atoms with Crippen molar-refractivity contribution in [3.05, 3.63) is 42.1 Å². The van der Waals surface area contributed by atoms with Crippen molar-refractivity contribution in [2.24, 2.45) is 4.99 Å². The van der Waals surface area contributed by atoms with E-state index in [4.69, 9.17) is 14.2 Å². The van der Waals surface area contributed by atoms with Gasteiger partial charge in [-0.15, -0.1) is 24.0 Å². The molecule has 0 bridgehead atoms. The molecule has 0 fully saturated rings. The minimum atomic E-state index is 0. The molecule has 0 saturated heterocycles. The first-order valence-electron chi connectivity index (χ1n) is 8.15. The molecule has 2 aromatic rings. The van der Waals surface area contributed by atoms with Gasteiger partial charge in [0.25, 0.3) is 0 Å². The SMILES string of the molecule is CN=C(NCc1ccc(OC)nc1)Nc1ccc2c(c1)OCCCO2.I. The van der Waals surface area contributed by atoms with Crippen LogP contribution in [0.4, 0.5) is 5.69 Å². The summed E-state index contributed by atoms with van der Waals surface area (Å²) < 4.78 is 16.4. The average molecular weight is 470 g/mol. The maximum atomic E-state index is 5.71. The molecule has 0 spiro atoms. The van der Waals surface area contributed by atoms with Gasteiger partial charge in [0.1, 0.15) is 0 Å². The molecule has 2 heterocycles. The molecular formula is C18H23IN4O3. The number of hydrogen-bond acceptors (Lipinski definition) is 5. The minimum absolute atomic E-state index is 0. The van der Waals surface area contributed by atoms with Gasteiger partial charge in [0, 0.05) is 44.0 Å². The van der Waals surface area contributed by atoms with Gasteiger partial charge < -0.3 is 24.8 Å². The lowest BCUT2D eigenvalue weighted by atomic mass is 10.2. The first kappa shape index (κ1) is 20.1. The maximum absolute atomic E-state index is 5.71. The summed E-state index contributed by atoms with van der Waals surface area (Å²) in [5.74, 6) is 2.77. The molecule has 0 atom stereocenters. The van der Waals surface area contributed by atoms with Crippen LogP contribution in [0.2, 0.25) is 0 Å². The second-order valence-electron chi connectivity index (χ2n) is 5.47. The molecule has 8 heteroatoms. The van der Waals surface area contributed by atoms with Gasteiger partial charge in [-0.3, -0.25) is 4.99 Å². The summed E-state index contributed by atoms with van der Waals surface area (Å²) in [6.07, 6.45) is 2.66. The van der Waals surface area contributed by atoms with Crippen molar-refractivity contribution in [3.63, 3.8) is 0 Å². The Balaban J connectivity index is 0.00000243. The van der Waals surface area contributed by atoms with Gasteiger partial charge in [-0.1, -0.05) is 6.07 Å². The van der Waals surface area contributed by atoms with Gasteiger partial charge >= 0.3 is 0 Å². The Bertz CT molecular complexity index is 738. The number of rotatable bonds is 4. The fraction of sp³-hybridized carbons (Fsp3) is 0.333. The first-order chi connectivity index (χ1) is 12.3. The Morgan fingerprint density at radius 2 is 2.00 bits per heavy atom. The number of pyridine rings is 1. The number of halogens is 1. The number of anilines is 1. The fourth-order valence-corrected chi connectivity index (χ4v) is 2.38. The molecule has 1 aliphatic rings. The van der Waals surface area contributed by atoms with Crippen molar-refractivity contribution in [2.45, 2.75) is 13.0 Å². The highest BCUT2D eigenvalue weighted by Crippen LogP contribution is 2.32. The number of aromatic nitrogens is 1. The number of fused-ring (bicyclic) bond motifs is 1. The molecule has 1 aromatic carbocycles. The number of nitrogens with one attached hydrogen (secondary N) is 2. The third kappa shape index (κ3) is 5.38. The predicted octanol–water partition coefficient (Wildman–Crippen LogP) is 3.06. The largest absolute Gasteiger partial charge is 0.490 e. The summed E-state index contributed by atoms with van der Waals surface area (Å²) in [5, 5.41) is 6.50. The van der Waals surface area contributed by atoms with E-state index >= 15 is 0 Å². The average Bonchev–Trinajstić information content (AvgIpc) is 2.90. The lowest BCUT2D eigenvalue weighted by Crippen LogP contribution is -2.30. The molecule has 3 rings (SSSR count). The fourth-order valence-electron chi connectivity index (χ4n) is 2.38. The standard InChI is InChI=1S/C18H22N4O3.HI/c1-19-18(21-12-13-4-7-17(23-2)20-11-13)22-14-5-6-15-16(10-14)25-9-3-8-24-15;/h4-7,10-11H,3,8-9,12H2,1-2H3,(H2,19,21,22);1H. The lowest BCUT2D eigenvalue weighted by molar-refractivity contribution is 0.297. The summed E-state index contributed by atoms with van der Waals surface area (Å²) in [5.41, 5.74) is 1.91. The number of ether oxygens (including phenoxy) is 3. The van der Waals surface area contributed by atoms with E-state index in [0.29, 0.717) is 31.6 Å². The van der Waals surface area contributed by atoms with E-state index in [1.807, 2.05) is 30.3 Å². The second kappa shape index (κ2) is 10.0. The van der Waals surface area contributed by atoms with E-state index in [-0.39, 0.29) is 24.0 Å². The molecule has 0 saturated carbocycles. The first-order valence-corrected chi connectivity index (χ1v) is 8.15. The van der Waals surface area contributed by atoms with Gasteiger partial charge in [-0.2, -0.15) is 0 Å². The van der Waals surface area contributed by atoms with Crippen LogP contribution >= 0.6 is 24.0 Å². The number of aliphatic imine (C=N–C) groups is 1. The van der Waals surface area contributed by atoms with Crippen LogP contribution in [0.5, 0.6) is 17.4 Å². The normalized spacial score (nSPS) is 13.2. The van der Waals surface area contributed by atoms with Crippen molar-refractivity contribution in [1.29, 1.82) is 0 Å².